The summed E-state index contributed by atoms with van der Waals surface area (Å²) in [5.74, 6) is -0.245. The van der Waals surface area contributed by atoms with Crippen molar-refractivity contribution in [3.8, 4) is 0 Å². The van der Waals surface area contributed by atoms with E-state index in [0.717, 1.165) is 26.7 Å². The molecule has 0 bridgehead atoms. The molecule has 0 heterocycles. The van der Waals surface area contributed by atoms with Crippen LogP contribution in [0.1, 0.15) is 36.5 Å². The summed E-state index contributed by atoms with van der Waals surface area (Å²) in [7, 11) is -0.0643. The molecule has 0 saturated carbocycles. The lowest BCUT2D eigenvalue weighted by atomic mass is 10.0. The number of hydrogen-bond donors (Lipinski definition) is 1. The van der Waals surface area contributed by atoms with Gasteiger partial charge in [0.15, 0.2) is 0 Å². The summed E-state index contributed by atoms with van der Waals surface area (Å²) in [5, 5.41) is 4.01. The summed E-state index contributed by atoms with van der Waals surface area (Å²) in [6, 6.07) is 21.4. The Balaban J connectivity index is 1.82. The van der Waals surface area contributed by atoms with Gasteiger partial charge in [0, 0.05) is 19.8 Å². The van der Waals surface area contributed by atoms with Crippen molar-refractivity contribution >= 4 is 33.5 Å². The van der Waals surface area contributed by atoms with E-state index in [-0.39, 0.29) is 4.90 Å². The van der Waals surface area contributed by atoms with E-state index < -0.39 is 22.5 Å². The molecule has 0 aliphatic heterocycles. The molecule has 0 aliphatic carbocycles. The van der Waals surface area contributed by atoms with Crippen molar-refractivity contribution < 1.29 is 13.2 Å². The summed E-state index contributed by atoms with van der Waals surface area (Å²) in [6.45, 7) is 5.61. The van der Waals surface area contributed by atoms with E-state index in [1.54, 1.807) is 36.4 Å². The normalized spacial score (nSPS) is 11.6. The Bertz CT molecular complexity index is 1270. The number of aryl methyl sites for hydroxylation is 1. The fourth-order valence-electron chi connectivity index (χ4n) is 3.38. The first-order valence-corrected chi connectivity index (χ1v) is 12.8. The first kappa shape index (κ1) is 26.0. The van der Waals surface area contributed by atoms with Crippen LogP contribution in [0.25, 0.3) is 0 Å². The number of carbonyl (C=O) groups excluding carboxylic acids is 1. The molecule has 0 unspecified atom stereocenters. The lowest BCUT2D eigenvalue weighted by Gasteiger charge is -2.24. The molecule has 3 aromatic carbocycles. The Morgan fingerprint density at radius 1 is 0.914 bits per heavy atom. The fraction of sp³-hybridized carbons (Fsp3) is 0.259. The third-order valence-electron chi connectivity index (χ3n) is 5.56. The first-order valence-electron chi connectivity index (χ1n) is 11.4. The van der Waals surface area contributed by atoms with E-state index in [4.69, 9.17) is 0 Å². The van der Waals surface area contributed by atoms with E-state index in [9.17, 15) is 13.2 Å². The van der Waals surface area contributed by atoms with Gasteiger partial charge >= 0.3 is 0 Å². The number of anilines is 2. The van der Waals surface area contributed by atoms with Crippen LogP contribution in [-0.2, 0) is 14.8 Å². The summed E-state index contributed by atoms with van der Waals surface area (Å²) in [6.07, 6.45) is 1.52. The minimum absolute atomic E-state index is 0.119. The van der Waals surface area contributed by atoms with Crippen molar-refractivity contribution in [2.75, 3.05) is 29.8 Å². The minimum Gasteiger partial charge on any atom is -0.378 e. The number of amides is 1. The predicted octanol–water partition coefficient (Wildman–Crippen LogP) is 4.53. The van der Waals surface area contributed by atoms with Crippen molar-refractivity contribution in [2.45, 2.75) is 31.6 Å². The van der Waals surface area contributed by atoms with Gasteiger partial charge in [-0.3, -0.25) is 9.10 Å². The third kappa shape index (κ3) is 6.70. The van der Waals surface area contributed by atoms with Gasteiger partial charge in [0.2, 0.25) is 0 Å². The Hall–Kier alpha value is -3.65. The van der Waals surface area contributed by atoms with Crippen LogP contribution in [0, 0.1) is 6.92 Å². The second-order valence-electron chi connectivity index (χ2n) is 8.85. The van der Waals surface area contributed by atoms with E-state index in [2.05, 4.69) is 24.4 Å². The maximum Gasteiger partial charge on any atom is 0.264 e. The lowest BCUT2D eigenvalue weighted by molar-refractivity contribution is -0.119. The SMILES string of the molecule is Cc1ccc(S(=O)(=O)N(CC(=O)N/N=C\c2ccc(N(C)C)cc2)c2ccc(C(C)C)cc2)cc1. The molecule has 35 heavy (non-hydrogen) atoms. The zero-order chi connectivity index (χ0) is 25.6. The number of sulfonamides is 1. The van der Waals surface area contributed by atoms with Crippen LogP contribution < -0.4 is 14.6 Å². The zero-order valence-electron chi connectivity index (χ0n) is 20.8. The molecule has 0 fully saturated rings. The van der Waals surface area contributed by atoms with Crippen LogP contribution in [0.3, 0.4) is 0 Å². The first-order chi connectivity index (χ1) is 16.6. The smallest absolute Gasteiger partial charge is 0.264 e. The summed E-state index contributed by atoms with van der Waals surface area (Å²) in [5.41, 5.74) is 6.74. The maximum atomic E-state index is 13.5. The van der Waals surface area contributed by atoms with E-state index >= 15 is 0 Å². The molecular formula is C27H32N4O3S. The number of benzene rings is 3. The van der Waals surface area contributed by atoms with Crippen LogP contribution in [0.2, 0.25) is 0 Å². The highest BCUT2D eigenvalue weighted by molar-refractivity contribution is 7.92. The molecule has 3 aromatic rings. The van der Waals surface area contributed by atoms with Crippen LogP contribution in [0.5, 0.6) is 0 Å². The summed E-state index contributed by atoms with van der Waals surface area (Å²) >= 11 is 0. The average molecular weight is 493 g/mol. The monoisotopic (exact) mass is 492 g/mol. The summed E-state index contributed by atoms with van der Waals surface area (Å²) < 4.78 is 28.1. The zero-order valence-corrected chi connectivity index (χ0v) is 21.6. The van der Waals surface area contributed by atoms with Crippen molar-refractivity contribution in [3.63, 3.8) is 0 Å². The Labute approximate surface area is 208 Å². The molecule has 7 nitrogen and oxygen atoms in total. The van der Waals surface area contributed by atoms with Gasteiger partial charge in [0.05, 0.1) is 16.8 Å². The number of nitrogens with one attached hydrogen (secondary N) is 1. The standard InChI is InChI=1S/C27H32N4O3S/c1-20(2)23-10-14-25(15-11-23)31(35(33,34)26-16-6-21(3)7-17-26)19-27(32)29-28-18-22-8-12-24(13-9-22)30(4)5/h6-18,20H,19H2,1-5H3,(H,29,32)/b28-18-. The molecule has 0 spiro atoms. The van der Waals surface area contributed by atoms with Gasteiger partial charge in [-0.05, 0) is 60.4 Å². The third-order valence-corrected chi connectivity index (χ3v) is 7.34. The van der Waals surface area contributed by atoms with E-state index in [0.29, 0.717) is 11.6 Å². The highest BCUT2D eigenvalue weighted by atomic mass is 32.2. The van der Waals surface area contributed by atoms with Crippen LogP contribution in [0.15, 0.2) is 82.8 Å². The Morgan fingerprint density at radius 2 is 1.49 bits per heavy atom. The van der Waals surface area contributed by atoms with Gasteiger partial charge in [-0.15, -0.1) is 0 Å². The second-order valence-corrected chi connectivity index (χ2v) is 10.7. The number of nitrogens with zero attached hydrogens (tertiary/aromatic N) is 3. The van der Waals surface area contributed by atoms with Gasteiger partial charge in [-0.2, -0.15) is 5.10 Å². The highest BCUT2D eigenvalue weighted by Gasteiger charge is 2.27. The molecule has 0 aliphatic rings. The largest absolute Gasteiger partial charge is 0.378 e. The van der Waals surface area contributed by atoms with Crippen molar-refractivity contribution in [3.05, 3.63) is 89.5 Å². The Morgan fingerprint density at radius 3 is 2.03 bits per heavy atom. The number of hydrazone groups is 1. The average Bonchev–Trinajstić information content (AvgIpc) is 2.83. The van der Waals surface area contributed by atoms with Crippen molar-refractivity contribution in [1.82, 2.24) is 5.43 Å². The number of hydrogen-bond acceptors (Lipinski definition) is 5. The number of rotatable bonds is 9. The minimum atomic E-state index is -3.97. The quantitative estimate of drug-likeness (QED) is 0.351. The molecule has 0 radical (unpaired) electrons. The molecule has 0 atom stereocenters. The predicted molar refractivity (Wildman–Crippen MR) is 143 cm³/mol. The van der Waals surface area contributed by atoms with Crippen LogP contribution in [-0.4, -0.2) is 41.2 Å². The number of carbonyl (C=O) groups is 1. The van der Waals surface area contributed by atoms with Gasteiger partial charge in [-0.25, -0.2) is 13.8 Å². The fourth-order valence-corrected chi connectivity index (χ4v) is 4.80. The summed E-state index contributed by atoms with van der Waals surface area (Å²) in [4.78, 5) is 14.8. The maximum absolute atomic E-state index is 13.5. The van der Waals surface area contributed by atoms with Crippen molar-refractivity contribution in [1.29, 1.82) is 0 Å². The van der Waals surface area contributed by atoms with Gasteiger partial charge in [0.25, 0.3) is 15.9 Å². The highest BCUT2D eigenvalue weighted by Crippen LogP contribution is 2.26. The molecule has 0 saturated heterocycles. The molecule has 3 rings (SSSR count). The second kappa shape index (κ2) is 11.2. The van der Waals surface area contributed by atoms with Gasteiger partial charge in [0.1, 0.15) is 6.54 Å². The lowest BCUT2D eigenvalue weighted by Crippen LogP contribution is -2.39. The topological polar surface area (TPSA) is 82.1 Å². The van der Waals surface area contributed by atoms with E-state index in [1.807, 2.05) is 62.3 Å². The Kier molecular flexibility index (Phi) is 8.30. The van der Waals surface area contributed by atoms with E-state index in [1.165, 1.54) is 6.21 Å². The molecule has 184 valence electrons. The van der Waals surface area contributed by atoms with Crippen molar-refractivity contribution in [2.24, 2.45) is 5.10 Å². The molecule has 1 N–H and O–H groups in total. The van der Waals surface area contributed by atoms with Gasteiger partial charge < -0.3 is 4.90 Å². The molecule has 0 aromatic heterocycles. The molecule has 8 heteroatoms. The van der Waals surface area contributed by atoms with Crippen LogP contribution >= 0.6 is 0 Å². The molecule has 1 amide bonds. The van der Waals surface area contributed by atoms with Crippen LogP contribution in [0.4, 0.5) is 11.4 Å². The van der Waals surface area contributed by atoms with Gasteiger partial charge in [-0.1, -0.05) is 55.8 Å². The molecular weight excluding hydrogens is 460 g/mol.